The molecule has 1 aromatic rings. The number of ether oxygens (including phenoxy) is 1. The molecular weight excluding hydrogens is 244 g/mol. The Kier molecular flexibility index (Phi) is 5.30. The van der Waals surface area contributed by atoms with Gasteiger partial charge in [-0.15, -0.1) is 0 Å². The Morgan fingerprint density at radius 3 is 2.72 bits per heavy atom. The van der Waals surface area contributed by atoms with Crippen LogP contribution in [0.1, 0.15) is 12.5 Å². The average Bonchev–Trinajstić information content (AvgIpc) is 2.33. The van der Waals surface area contributed by atoms with Gasteiger partial charge in [0.2, 0.25) is 0 Å². The highest BCUT2D eigenvalue weighted by molar-refractivity contribution is 5.41. The normalized spacial score (nSPS) is 11.6. The van der Waals surface area contributed by atoms with E-state index in [0.717, 1.165) is 0 Å². The molecule has 0 saturated heterocycles. The van der Waals surface area contributed by atoms with E-state index in [0.29, 0.717) is 17.9 Å². The quantitative estimate of drug-likeness (QED) is 0.696. The van der Waals surface area contributed by atoms with Crippen LogP contribution in [0.15, 0.2) is 18.2 Å². The van der Waals surface area contributed by atoms with Gasteiger partial charge in [0, 0.05) is 6.54 Å². The second kappa shape index (κ2) is 6.51. The fourth-order valence-electron chi connectivity index (χ4n) is 1.39. The van der Waals surface area contributed by atoms with Crippen molar-refractivity contribution < 1.29 is 23.7 Å². The van der Waals surface area contributed by atoms with Gasteiger partial charge in [0.15, 0.2) is 11.5 Å². The predicted molar refractivity (Wildman–Crippen MR) is 63.0 cm³/mol. The molecule has 0 spiro atoms. The van der Waals surface area contributed by atoms with E-state index in [1.54, 1.807) is 19.1 Å². The standard InChI is InChI=1S/C12H17F2NO3/c1-2-18-11-5-9(3-4-10(11)17)6-15-7-12(13,14)8-16/h3-5,15-17H,2,6-8H2,1H3. The number of aliphatic hydroxyl groups is 1. The minimum atomic E-state index is -3.13. The zero-order valence-electron chi connectivity index (χ0n) is 10.1. The number of alkyl halides is 2. The van der Waals surface area contributed by atoms with Crippen molar-refractivity contribution in [2.24, 2.45) is 0 Å². The van der Waals surface area contributed by atoms with E-state index in [-0.39, 0.29) is 12.3 Å². The predicted octanol–water partition coefficient (Wildman–Crippen LogP) is 1.51. The Balaban J connectivity index is 2.55. The Bertz CT molecular complexity index is 386. The third kappa shape index (κ3) is 4.46. The van der Waals surface area contributed by atoms with Gasteiger partial charge in [0.1, 0.15) is 6.61 Å². The highest BCUT2D eigenvalue weighted by Crippen LogP contribution is 2.26. The van der Waals surface area contributed by atoms with E-state index in [1.807, 2.05) is 0 Å². The molecule has 0 heterocycles. The minimum absolute atomic E-state index is 0.0151. The Hall–Kier alpha value is -1.40. The molecule has 18 heavy (non-hydrogen) atoms. The molecule has 1 aromatic carbocycles. The molecule has 0 aliphatic heterocycles. The first-order chi connectivity index (χ1) is 8.48. The maximum Gasteiger partial charge on any atom is 0.282 e. The number of hydrogen-bond donors (Lipinski definition) is 3. The number of hydrogen-bond acceptors (Lipinski definition) is 4. The van der Waals surface area contributed by atoms with Crippen LogP contribution in [0.2, 0.25) is 0 Å². The van der Waals surface area contributed by atoms with Gasteiger partial charge < -0.3 is 20.3 Å². The minimum Gasteiger partial charge on any atom is -0.504 e. The van der Waals surface area contributed by atoms with Gasteiger partial charge in [-0.3, -0.25) is 0 Å². The summed E-state index contributed by atoms with van der Waals surface area (Å²) in [5.41, 5.74) is 0.713. The summed E-state index contributed by atoms with van der Waals surface area (Å²) in [5, 5.41) is 20.4. The molecule has 6 heteroatoms. The maximum absolute atomic E-state index is 12.7. The number of nitrogens with one attached hydrogen (secondary N) is 1. The van der Waals surface area contributed by atoms with Crippen LogP contribution in [-0.4, -0.2) is 35.9 Å². The van der Waals surface area contributed by atoms with Crippen LogP contribution in [0.25, 0.3) is 0 Å². The summed E-state index contributed by atoms with van der Waals surface area (Å²) in [4.78, 5) is 0. The van der Waals surface area contributed by atoms with E-state index < -0.39 is 19.1 Å². The van der Waals surface area contributed by atoms with Crippen LogP contribution in [0.3, 0.4) is 0 Å². The maximum atomic E-state index is 12.7. The first kappa shape index (κ1) is 14.7. The van der Waals surface area contributed by atoms with Crippen LogP contribution in [0, 0.1) is 0 Å². The van der Waals surface area contributed by atoms with Crippen molar-refractivity contribution >= 4 is 0 Å². The lowest BCUT2D eigenvalue weighted by Gasteiger charge is -2.14. The van der Waals surface area contributed by atoms with E-state index in [1.165, 1.54) is 6.07 Å². The fourth-order valence-corrected chi connectivity index (χ4v) is 1.39. The van der Waals surface area contributed by atoms with Gasteiger partial charge in [-0.1, -0.05) is 6.07 Å². The van der Waals surface area contributed by atoms with Crippen molar-refractivity contribution in [2.75, 3.05) is 19.8 Å². The van der Waals surface area contributed by atoms with Crippen LogP contribution >= 0.6 is 0 Å². The second-order valence-corrected chi connectivity index (χ2v) is 3.85. The first-order valence-corrected chi connectivity index (χ1v) is 5.62. The Labute approximate surface area is 104 Å². The van der Waals surface area contributed by atoms with E-state index in [9.17, 15) is 13.9 Å². The molecule has 0 fully saturated rings. The summed E-state index contributed by atoms with van der Waals surface area (Å²) < 4.78 is 30.7. The van der Waals surface area contributed by atoms with Crippen molar-refractivity contribution in [3.05, 3.63) is 23.8 Å². The Morgan fingerprint density at radius 1 is 1.39 bits per heavy atom. The summed E-state index contributed by atoms with van der Waals surface area (Å²) in [7, 11) is 0. The average molecular weight is 261 g/mol. The number of aromatic hydroxyl groups is 1. The van der Waals surface area contributed by atoms with Gasteiger partial charge in [0.05, 0.1) is 13.2 Å². The monoisotopic (exact) mass is 261 g/mol. The molecule has 0 unspecified atom stereocenters. The van der Waals surface area contributed by atoms with Gasteiger partial charge in [-0.2, -0.15) is 0 Å². The molecule has 0 radical (unpaired) electrons. The van der Waals surface area contributed by atoms with E-state index >= 15 is 0 Å². The zero-order valence-corrected chi connectivity index (χ0v) is 10.1. The molecule has 0 aliphatic rings. The number of phenolic OH excluding ortho intramolecular Hbond substituents is 1. The largest absolute Gasteiger partial charge is 0.504 e. The number of aliphatic hydroxyl groups excluding tert-OH is 1. The molecule has 102 valence electrons. The number of rotatable bonds is 7. The van der Waals surface area contributed by atoms with Crippen LogP contribution in [0.5, 0.6) is 11.5 Å². The smallest absolute Gasteiger partial charge is 0.282 e. The molecule has 0 bridgehead atoms. The number of phenols is 1. The van der Waals surface area contributed by atoms with Crippen molar-refractivity contribution in [3.63, 3.8) is 0 Å². The number of halogens is 2. The number of benzene rings is 1. The van der Waals surface area contributed by atoms with Gasteiger partial charge in [-0.05, 0) is 24.6 Å². The summed E-state index contributed by atoms with van der Waals surface area (Å²) in [6, 6.07) is 4.65. The SMILES string of the molecule is CCOc1cc(CNCC(F)(F)CO)ccc1O. The lowest BCUT2D eigenvalue weighted by Crippen LogP contribution is -2.35. The van der Waals surface area contributed by atoms with Crippen molar-refractivity contribution in [1.82, 2.24) is 5.32 Å². The second-order valence-electron chi connectivity index (χ2n) is 3.85. The molecule has 0 aromatic heterocycles. The van der Waals surface area contributed by atoms with Crippen molar-refractivity contribution in [2.45, 2.75) is 19.4 Å². The molecule has 1 rings (SSSR count). The van der Waals surface area contributed by atoms with Gasteiger partial charge in [-0.25, -0.2) is 8.78 Å². The van der Waals surface area contributed by atoms with E-state index in [2.05, 4.69) is 5.32 Å². The van der Waals surface area contributed by atoms with Crippen LogP contribution in [-0.2, 0) is 6.54 Å². The molecule has 0 amide bonds. The van der Waals surface area contributed by atoms with E-state index in [4.69, 9.17) is 9.84 Å². The molecular formula is C12H17F2NO3. The highest BCUT2D eigenvalue weighted by atomic mass is 19.3. The van der Waals surface area contributed by atoms with Gasteiger partial charge >= 0.3 is 0 Å². The topological polar surface area (TPSA) is 61.7 Å². The molecule has 0 aliphatic carbocycles. The van der Waals surface area contributed by atoms with Crippen molar-refractivity contribution in [3.8, 4) is 11.5 Å². The van der Waals surface area contributed by atoms with Crippen LogP contribution in [0.4, 0.5) is 8.78 Å². The molecule has 4 nitrogen and oxygen atoms in total. The molecule has 3 N–H and O–H groups in total. The zero-order chi connectivity index (χ0) is 13.6. The summed E-state index contributed by atoms with van der Waals surface area (Å²) in [5.74, 6) is -2.79. The third-order valence-corrected chi connectivity index (χ3v) is 2.27. The van der Waals surface area contributed by atoms with Gasteiger partial charge in [0.25, 0.3) is 5.92 Å². The molecule has 0 saturated carbocycles. The van der Waals surface area contributed by atoms with Crippen LogP contribution < -0.4 is 10.1 Å². The Morgan fingerprint density at radius 2 is 2.11 bits per heavy atom. The van der Waals surface area contributed by atoms with Crippen molar-refractivity contribution in [1.29, 1.82) is 0 Å². The highest BCUT2D eigenvalue weighted by Gasteiger charge is 2.26. The summed E-state index contributed by atoms with van der Waals surface area (Å²) in [6.07, 6.45) is 0. The summed E-state index contributed by atoms with van der Waals surface area (Å²) in [6.45, 7) is 0.614. The molecule has 0 atom stereocenters. The lowest BCUT2D eigenvalue weighted by molar-refractivity contribution is -0.0477. The third-order valence-electron chi connectivity index (χ3n) is 2.27. The first-order valence-electron chi connectivity index (χ1n) is 5.62. The fraction of sp³-hybridized carbons (Fsp3) is 0.500. The lowest BCUT2D eigenvalue weighted by atomic mass is 10.2. The summed E-state index contributed by atoms with van der Waals surface area (Å²) >= 11 is 0.